The lowest BCUT2D eigenvalue weighted by Gasteiger charge is -2.14. The van der Waals surface area contributed by atoms with Crippen molar-refractivity contribution < 1.29 is 22.4 Å². The number of hydrogen-bond donors (Lipinski definition) is 0. The van der Waals surface area contributed by atoms with E-state index in [9.17, 15) is 13.2 Å². The number of aromatic nitrogens is 2. The summed E-state index contributed by atoms with van der Waals surface area (Å²) < 4.78 is 45.2. The average Bonchev–Trinajstić information content (AvgIpc) is 2.89. The second kappa shape index (κ2) is 6.25. The molecular formula is C14H16F3N3O2. The van der Waals surface area contributed by atoms with E-state index in [4.69, 9.17) is 4.52 Å². The van der Waals surface area contributed by atoms with Gasteiger partial charge < -0.3 is 14.2 Å². The van der Waals surface area contributed by atoms with Crippen LogP contribution in [0.2, 0.25) is 0 Å². The van der Waals surface area contributed by atoms with Gasteiger partial charge in [-0.2, -0.15) is 4.98 Å². The molecule has 1 aromatic heterocycles. The molecule has 0 aliphatic carbocycles. The number of benzene rings is 1. The van der Waals surface area contributed by atoms with E-state index in [1.165, 1.54) is 12.1 Å². The average molecular weight is 315 g/mol. The Kier molecular flexibility index (Phi) is 4.58. The van der Waals surface area contributed by atoms with Crippen LogP contribution in [0.3, 0.4) is 0 Å². The van der Waals surface area contributed by atoms with Gasteiger partial charge in [0, 0.05) is 19.5 Å². The summed E-state index contributed by atoms with van der Waals surface area (Å²) in [6.07, 6.45) is -4.69. The molecule has 2 rings (SSSR count). The molecule has 0 aliphatic rings. The lowest BCUT2D eigenvalue weighted by molar-refractivity contribution is -0.274. The molecule has 0 saturated carbocycles. The second-order valence-corrected chi connectivity index (χ2v) is 5.14. The lowest BCUT2D eigenvalue weighted by atomic mass is 10.2. The van der Waals surface area contributed by atoms with Gasteiger partial charge in [0.15, 0.2) is 5.82 Å². The number of ether oxygens (including phenoxy) is 1. The molecule has 1 heterocycles. The normalized spacial score (nSPS) is 11.8. The molecule has 1 aromatic carbocycles. The van der Waals surface area contributed by atoms with Crippen molar-refractivity contribution in [1.29, 1.82) is 0 Å². The Bertz CT molecular complexity index is 609. The molecule has 120 valence electrons. The van der Waals surface area contributed by atoms with Crippen molar-refractivity contribution in [3.05, 3.63) is 35.7 Å². The van der Waals surface area contributed by atoms with Crippen LogP contribution in [0.1, 0.15) is 31.2 Å². The van der Waals surface area contributed by atoms with Crippen LogP contribution in [0.15, 0.2) is 28.8 Å². The third kappa shape index (κ3) is 4.37. The summed E-state index contributed by atoms with van der Waals surface area (Å²) >= 11 is 0. The Morgan fingerprint density at radius 3 is 2.36 bits per heavy atom. The summed E-state index contributed by atoms with van der Waals surface area (Å²) in [4.78, 5) is 5.97. The first-order valence-corrected chi connectivity index (χ1v) is 6.64. The zero-order chi connectivity index (χ0) is 16.3. The number of hydrogen-bond acceptors (Lipinski definition) is 5. The SMILES string of the molecule is CC(C)c1noc(N(C)Cc2ccc(OC(F)(F)F)cc2)n1. The first-order chi connectivity index (χ1) is 10.2. The van der Waals surface area contributed by atoms with Crippen LogP contribution in [0.4, 0.5) is 19.2 Å². The Morgan fingerprint density at radius 1 is 1.23 bits per heavy atom. The van der Waals surface area contributed by atoms with Crippen molar-refractivity contribution in [2.24, 2.45) is 0 Å². The van der Waals surface area contributed by atoms with Gasteiger partial charge in [0.25, 0.3) is 0 Å². The fraction of sp³-hybridized carbons (Fsp3) is 0.429. The molecule has 0 unspecified atom stereocenters. The highest BCUT2D eigenvalue weighted by atomic mass is 19.4. The highest BCUT2D eigenvalue weighted by Gasteiger charge is 2.30. The smallest absolute Gasteiger partial charge is 0.406 e. The van der Waals surface area contributed by atoms with Gasteiger partial charge in [-0.15, -0.1) is 13.2 Å². The van der Waals surface area contributed by atoms with Gasteiger partial charge in [-0.05, 0) is 17.7 Å². The molecule has 0 bridgehead atoms. The molecule has 2 aromatic rings. The Morgan fingerprint density at radius 2 is 1.86 bits per heavy atom. The van der Waals surface area contributed by atoms with Crippen molar-refractivity contribution in [3.63, 3.8) is 0 Å². The van der Waals surface area contributed by atoms with Crippen LogP contribution >= 0.6 is 0 Å². The molecule has 0 saturated heterocycles. The summed E-state index contributed by atoms with van der Waals surface area (Å²) in [5.74, 6) is 0.513. The maximum Gasteiger partial charge on any atom is 0.573 e. The van der Waals surface area contributed by atoms with Crippen molar-refractivity contribution in [1.82, 2.24) is 10.1 Å². The summed E-state index contributed by atoms with van der Waals surface area (Å²) in [5, 5.41) is 3.86. The first-order valence-electron chi connectivity index (χ1n) is 6.64. The van der Waals surface area contributed by atoms with E-state index >= 15 is 0 Å². The second-order valence-electron chi connectivity index (χ2n) is 5.14. The van der Waals surface area contributed by atoms with Crippen molar-refractivity contribution in [2.75, 3.05) is 11.9 Å². The van der Waals surface area contributed by atoms with Crippen molar-refractivity contribution in [3.8, 4) is 5.75 Å². The summed E-state index contributed by atoms with van der Waals surface area (Å²) in [6.45, 7) is 4.33. The van der Waals surface area contributed by atoms with E-state index in [-0.39, 0.29) is 11.7 Å². The quantitative estimate of drug-likeness (QED) is 0.841. The molecule has 0 fully saturated rings. The maximum atomic E-state index is 12.1. The van der Waals surface area contributed by atoms with Crippen LogP contribution in [0, 0.1) is 0 Å². The van der Waals surface area contributed by atoms with Crippen LogP contribution in [-0.2, 0) is 6.54 Å². The van der Waals surface area contributed by atoms with E-state index in [1.807, 2.05) is 13.8 Å². The van der Waals surface area contributed by atoms with Crippen LogP contribution in [0.25, 0.3) is 0 Å². The highest BCUT2D eigenvalue weighted by Crippen LogP contribution is 2.23. The minimum Gasteiger partial charge on any atom is -0.406 e. The Balaban J connectivity index is 2.00. The molecule has 0 atom stereocenters. The van der Waals surface area contributed by atoms with Crippen LogP contribution in [-0.4, -0.2) is 23.6 Å². The van der Waals surface area contributed by atoms with E-state index in [0.29, 0.717) is 18.4 Å². The largest absolute Gasteiger partial charge is 0.573 e. The molecule has 0 amide bonds. The lowest BCUT2D eigenvalue weighted by Crippen LogP contribution is -2.18. The first kappa shape index (κ1) is 16.1. The monoisotopic (exact) mass is 315 g/mol. The van der Waals surface area contributed by atoms with Gasteiger partial charge in [-0.3, -0.25) is 0 Å². The summed E-state index contributed by atoms with van der Waals surface area (Å²) in [6, 6.07) is 6.00. The molecule has 5 nitrogen and oxygen atoms in total. The molecule has 0 aliphatic heterocycles. The van der Waals surface area contributed by atoms with Crippen LogP contribution < -0.4 is 9.64 Å². The number of rotatable bonds is 5. The van der Waals surface area contributed by atoms with Gasteiger partial charge in [-0.25, -0.2) is 0 Å². The van der Waals surface area contributed by atoms with Gasteiger partial charge in [-0.1, -0.05) is 31.1 Å². The Labute approximate surface area is 125 Å². The van der Waals surface area contributed by atoms with E-state index in [2.05, 4.69) is 14.9 Å². The standard InChI is InChI=1S/C14H16F3N3O2/c1-9(2)12-18-13(22-19-12)20(3)8-10-4-6-11(7-5-10)21-14(15,16)17/h4-7,9H,8H2,1-3H3. The van der Waals surface area contributed by atoms with E-state index in [0.717, 1.165) is 5.56 Å². The number of anilines is 1. The molecule has 22 heavy (non-hydrogen) atoms. The molecule has 8 heteroatoms. The van der Waals surface area contributed by atoms with Gasteiger partial charge in [0.2, 0.25) is 0 Å². The zero-order valence-electron chi connectivity index (χ0n) is 12.4. The van der Waals surface area contributed by atoms with Gasteiger partial charge in [0.05, 0.1) is 0 Å². The van der Waals surface area contributed by atoms with E-state index in [1.54, 1.807) is 24.1 Å². The summed E-state index contributed by atoms with van der Waals surface area (Å²) in [7, 11) is 1.76. The fourth-order valence-electron chi connectivity index (χ4n) is 1.75. The van der Waals surface area contributed by atoms with Crippen molar-refractivity contribution >= 4 is 6.01 Å². The minimum absolute atomic E-state index is 0.157. The molecule has 0 spiro atoms. The van der Waals surface area contributed by atoms with Crippen LogP contribution in [0.5, 0.6) is 5.75 Å². The predicted octanol–water partition coefficient (Wildman–Crippen LogP) is 3.73. The number of halogens is 3. The third-order valence-corrected chi connectivity index (χ3v) is 2.85. The van der Waals surface area contributed by atoms with Crippen molar-refractivity contribution in [2.45, 2.75) is 32.7 Å². The molecule has 0 radical (unpaired) electrons. The maximum absolute atomic E-state index is 12.1. The number of nitrogens with zero attached hydrogens (tertiary/aromatic N) is 3. The van der Waals surface area contributed by atoms with Gasteiger partial charge in [0.1, 0.15) is 5.75 Å². The zero-order valence-corrected chi connectivity index (χ0v) is 12.4. The van der Waals surface area contributed by atoms with E-state index < -0.39 is 6.36 Å². The minimum atomic E-state index is -4.69. The molecular weight excluding hydrogens is 299 g/mol. The molecule has 0 N–H and O–H groups in total. The fourth-order valence-corrected chi connectivity index (χ4v) is 1.75. The summed E-state index contributed by atoms with van der Waals surface area (Å²) in [5.41, 5.74) is 0.793. The third-order valence-electron chi connectivity index (χ3n) is 2.85. The highest BCUT2D eigenvalue weighted by molar-refractivity contribution is 5.32. The topological polar surface area (TPSA) is 51.4 Å². The van der Waals surface area contributed by atoms with Gasteiger partial charge >= 0.3 is 12.4 Å². The predicted molar refractivity (Wildman–Crippen MR) is 73.6 cm³/mol. The number of alkyl halides is 3. The Hall–Kier alpha value is -2.25.